The molecule has 3 N–H and O–H groups in total. The molecule has 0 saturated heterocycles. The lowest BCUT2D eigenvalue weighted by molar-refractivity contribution is -0.139. The minimum atomic E-state index is -1.01. The molecule has 0 radical (unpaired) electrons. The van der Waals surface area contributed by atoms with E-state index in [1.54, 1.807) is 18.9 Å². The predicted octanol–water partition coefficient (Wildman–Crippen LogP) is 0.935. The summed E-state index contributed by atoms with van der Waals surface area (Å²) in [4.78, 5) is 22.5. The molecule has 0 fully saturated rings. The van der Waals surface area contributed by atoms with Gasteiger partial charge in [-0.15, -0.1) is 0 Å². The summed E-state index contributed by atoms with van der Waals surface area (Å²) in [6.45, 7) is 2.26. The third-order valence-corrected chi connectivity index (χ3v) is 3.29. The summed E-state index contributed by atoms with van der Waals surface area (Å²) in [7, 11) is 1.62. The first-order chi connectivity index (χ1) is 10.1. The monoisotopic (exact) mass is 322 g/mol. The Morgan fingerprint density at radius 1 is 1.24 bits per heavy atom. The van der Waals surface area contributed by atoms with Gasteiger partial charge in [0.2, 0.25) is 0 Å². The summed E-state index contributed by atoms with van der Waals surface area (Å²) >= 11 is 1.55. The first-order valence-corrected chi connectivity index (χ1v) is 8.34. The SMILES string of the molecule is COCCOCCCCNC(=O)N[C@H](CCSC)C(=O)O. The fraction of sp³-hybridized carbons (Fsp3) is 0.846. The fourth-order valence-corrected chi connectivity index (χ4v) is 1.95. The van der Waals surface area contributed by atoms with Gasteiger partial charge in [-0.25, -0.2) is 9.59 Å². The number of carbonyl (C=O) groups is 2. The minimum absolute atomic E-state index is 0.414. The lowest BCUT2D eigenvalue weighted by Crippen LogP contribution is -2.46. The Balaban J connectivity index is 3.61. The maximum Gasteiger partial charge on any atom is 0.326 e. The van der Waals surface area contributed by atoms with Crippen LogP contribution in [0.5, 0.6) is 0 Å². The van der Waals surface area contributed by atoms with Crippen LogP contribution in [0.2, 0.25) is 0 Å². The van der Waals surface area contributed by atoms with Gasteiger partial charge >= 0.3 is 12.0 Å². The zero-order valence-corrected chi connectivity index (χ0v) is 13.5. The molecule has 0 aliphatic heterocycles. The molecule has 0 aromatic rings. The highest BCUT2D eigenvalue weighted by Crippen LogP contribution is 2.00. The van der Waals surface area contributed by atoms with Gasteiger partial charge in [0, 0.05) is 20.3 Å². The summed E-state index contributed by atoms with van der Waals surface area (Å²) in [5, 5.41) is 14.1. The summed E-state index contributed by atoms with van der Waals surface area (Å²) in [6.07, 6.45) is 3.92. The highest BCUT2D eigenvalue weighted by molar-refractivity contribution is 7.98. The van der Waals surface area contributed by atoms with E-state index in [0.29, 0.717) is 38.5 Å². The van der Waals surface area contributed by atoms with E-state index < -0.39 is 18.0 Å². The largest absolute Gasteiger partial charge is 0.480 e. The molecule has 0 aromatic carbocycles. The van der Waals surface area contributed by atoms with Crippen molar-refractivity contribution in [2.24, 2.45) is 0 Å². The van der Waals surface area contributed by atoms with Crippen molar-refractivity contribution in [2.45, 2.75) is 25.3 Å². The van der Waals surface area contributed by atoms with Crippen LogP contribution in [0.4, 0.5) is 4.79 Å². The lowest BCUT2D eigenvalue weighted by atomic mass is 10.2. The van der Waals surface area contributed by atoms with Crippen molar-refractivity contribution in [1.82, 2.24) is 10.6 Å². The van der Waals surface area contributed by atoms with Crippen molar-refractivity contribution < 1.29 is 24.2 Å². The third-order valence-electron chi connectivity index (χ3n) is 2.65. The third kappa shape index (κ3) is 12.5. The fourth-order valence-electron chi connectivity index (χ4n) is 1.48. The molecule has 0 aromatic heterocycles. The number of amides is 2. The average Bonchev–Trinajstić information content (AvgIpc) is 2.46. The van der Waals surface area contributed by atoms with Gasteiger partial charge in [0.25, 0.3) is 0 Å². The van der Waals surface area contributed by atoms with Crippen molar-refractivity contribution in [3.63, 3.8) is 0 Å². The molecule has 7 nitrogen and oxygen atoms in total. The second-order valence-electron chi connectivity index (χ2n) is 4.38. The second-order valence-corrected chi connectivity index (χ2v) is 5.37. The van der Waals surface area contributed by atoms with Crippen LogP contribution >= 0.6 is 11.8 Å². The van der Waals surface area contributed by atoms with Crippen LogP contribution in [0.25, 0.3) is 0 Å². The molecule has 0 aliphatic rings. The van der Waals surface area contributed by atoms with E-state index in [0.717, 1.165) is 12.8 Å². The molecule has 0 heterocycles. The molecule has 0 aliphatic carbocycles. The van der Waals surface area contributed by atoms with Crippen LogP contribution in [-0.4, -0.2) is 68.6 Å². The van der Waals surface area contributed by atoms with Crippen LogP contribution in [0.15, 0.2) is 0 Å². The molecular formula is C13H26N2O5S. The molecule has 2 amide bonds. The van der Waals surface area contributed by atoms with Crippen LogP contribution in [-0.2, 0) is 14.3 Å². The van der Waals surface area contributed by atoms with Crippen molar-refractivity contribution in [3.8, 4) is 0 Å². The first-order valence-electron chi connectivity index (χ1n) is 6.94. The minimum Gasteiger partial charge on any atom is -0.480 e. The quantitative estimate of drug-likeness (QED) is 0.437. The van der Waals surface area contributed by atoms with Gasteiger partial charge in [-0.1, -0.05) is 0 Å². The van der Waals surface area contributed by atoms with Crippen molar-refractivity contribution in [1.29, 1.82) is 0 Å². The van der Waals surface area contributed by atoms with Gasteiger partial charge in [0.15, 0.2) is 0 Å². The van der Waals surface area contributed by atoms with Gasteiger partial charge in [0.05, 0.1) is 13.2 Å². The standard InChI is InChI=1S/C13H26N2O5S/c1-19-8-9-20-7-4-3-6-14-13(18)15-11(12(16)17)5-10-21-2/h11H,3-10H2,1-2H3,(H,16,17)(H2,14,15,18)/t11-/m1/s1. The number of carbonyl (C=O) groups excluding carboxylic acids is 1. The Bertz CT molecular complexity index is 292. The smallest absolute Gasteiger partial charge is 0.326 e. The highest BCUT2D eigenvalue weighted by Gasteiger charge is 2.18. The van der Waals surface area contributed by atoms with Crippen molar-refractivity contribution >= 4 is 23.8 Å². The van der Waals surface area contributed by atoms with Gasteiger partial charge in [-0.3, -0.25) is 0 Å². The number of carboxylic acids is 1. The molecule has 0 rings (SSSR count). The van der Waals surface area contributed by atoms with Crippen LogP contribution in [0, 0.1) is 0 Å². The van der Waals surface area contributed by atoms with E-state index in [-0.39, 0.29) is 0 Å². The maximum absolute atomic E-state index is 11.6. The Hall–Kier alpha value is -0.990. The van der Waals surface area contributed by atoms with Crippen LogP contribution < -0.4 is 10.6 Å². The number of carboxylic acid groups (broad SMARTS) is 1. The molecule has 0 saturated carbocycles. The highest BCUT2D eigenvalue weighted by atomic mass is 32.2. The Morgan fingerprint density at radius 2 is 2.00 bits per heavy atom. The Morgan fingerprint density at radius 3 is 2.62 bits per heavy atom. The van der Waals surface area contributed by atoms with Crippen LogP contribution in [0.1, 0.15) is 19.3 Å². The summed E-state index contributed by atoms with van der Waals surface area (Å²) in [5.74, 6) is -0.318. The van der Waals surface area contributed by atoms with E-state index in [9.17, 15) is 9.59 Å². The molecule has 1 atom stereocenters. The molecule has 0 spiro atoms. The van der Waals surface area contributed by atoms with Gasteiger partial charge in [0.1, 0.15) is 6.04 Å². The number of methoxy groups -OCH3 is 1. The number of hydrogen-bond donors (Lipinski definition) is 3. The van der Waals surface area contributed by atoms with Crippen LogP contribution in [0.3, 0.4) is 0 Å². The Labute approximate surface area is 130 Å². The zero-order valence-electron chi connectivity index (χ0n) is 12.7. The number of thioether (sulfide) groups is 1. The van der Waals surface area contributed by atoms with Crippen molar-refractivity contribution in [2.75, 3.05) is 45.5 Å². The molecule has 124 valence electrons. The topological polar surface area (TPSA) is 96.9 Å². The van der Waals surface area contributed by atoms with E-state index >= 15 is 0 Å². The molecule has 0 bridgehead atoms. The van der Waals surface area contributed by atoms with Gasteiger partial charge in [-0.05, 0) is 31.3 Å². The lowest BCUT2D eigenvalue weighted by Gasteiger charge is -2.14. The van der Waals surface area contributed by atoms with E-state index in [4.69, 9.17) is 14.6 Å². The van der Waals surface area contributed by atoms with E-state index in [2.05, 4.69) is 10.6 Å². The summed E-state index contributed by atoms with van der Waals surface area (Å²) in [5.41, 5.74) is 0. The van der Waals surface area contributed by atoms with Gasteiger partial charge in [-0.2, -0.15) is 11.8 Å². The molecular weight excluding hydrogens is 296 g/mol. The van der Waals surface area contributed by atoms with E-state index in [1.165, 1.54) is 0 Å². The molecule has 8 heteroatoms. The molecule has 21 heavy (non-hydrogen) atoms. The number of ether oxygens (including phenoxy) is 2. The number of nitrogens with one attached hydrogen (secondary N) is 2. The van der Waals surface area contributed by atoms with Crippen molar-refractivity contribution in [3.05, 3.63) is 0 Å². The average molecular weight is 322 g/mol. The summed E-state index contributed by atoms with van der Waals surface area (Å²) in [6, 6.07) is -1.28. The summed E-state index contributed by atoms with van der Waals surface area (Å²) < 4.78 is 10.1. The maximum atomic E-state index is 11.6. The first kappa shape index (κ1) is 20.0. The normalized spacial score (nSPS) is 11.9. The number of hydrogen-bond acceptors (Lipinski definition) is 5. The number of unbranched alkanes of at least 4 members (excludes halogenated alkanes) is 1. The predicted molar refractivity (Wildman–Crippen MR) is 82.9 cm³/mol. The van der Waals surface area contributed by atoms with E-state index in [1.807, 2.05) is 6.26 Å². The number of rotatable bonds is 13. The second kappa shape index (κ2) is 14.0. The van der Waals surface area contributed by atoms with Gasteiger partial charge < -0.3 is 25.2 Å². The zero-order chi connectivity index (χ0) is 15.9. The number of urea groups is 1. The number of aliphatic carboxylic acids is 1. The molecule has 0 unspecified atom stereocenters. The Kier molecular flexibility index (Phi) is 13.3.